The molecule has 21 heavy (non-hydrogen) atoms. The summed E-state index contributed by atoms with van der Waals surface area (Å²) >= 11 is 0. The van der Waals surface area contributed by atoms with Gasteiger partial charge in [-0.1, -0.05) is 0 Å². The average Bonchev–Trinajstić information content (AvgIpc) is 2.50. The average molecular weight is 288 g/mol. The van der Waals surface area contributed by atoms with Crippen molar-refractivity contribution in [3.63, 3.8) is 0 Å². The van der Waals surface area contributed by atoms with Crippen molar-refractivity contribution in [1.29, 1.82) is 0 Å². The Hall–Kier alpha value is -1.55. The summed E-state index contributed by atoms with van der Waals surface area (Å²) < 4.78 is 5.61. The Bertz CT molecular complexity index is 490. The Morgan fingerprint density at radius 2 is 2.05 bits per heavy atom. The molecule has 1 aliphatic carbocycles. The number of amides is 1. The Morgan fingerprint density at radius 3 is 2.57 bits per heavy atom. The normalized spacial score (nSPS) is 27.7. The van der Waals surface area contributed by atoms with Gasteiger partial charge in [-0.3, -0.25) is 4.79 Å². The molecule has 1 aromatic rings. The molecule has 4 nitrogen and oxygen atoms in total. The van der Waals surface area contributed by atoms with Crippen LogP contribution in [0.4, 0.5) is 5.69 Å². The first kappa shape index (κ1) is 14.4. The fraction of sp³-hybridized carbons (Fsp3) is 0.588. The molecule has 3 atom stereocenters. The first-order valence-corrected chi connectivity index (χ1v) is 7.93. The van der Waals surface area contributed by atoms with E-state index in [9.17, 15) is 4.79 Å². The molecular formula is C17H24N2O2. The maximum Gasteiger partial charge on any atom is 0.229 e. The van der Waals surface area contributed by atoms with Crippen LogP contribution in [0, 0.1) is 11.8 Å². The van der Waals surface area contributed by atoms with Gasteiger partial charge in [-0.05, 0) is 69.8 Å². The van der Waals surface area contributed by atoms with E-state index in [4.69, 9.17) is 4.74 Å². The van der Waals surface area contributed by atoms with Crippen LogP contribution in [0.25, 0.3) is 0 Å². The Balaban J connectivity index is 1.59. The highest BCUT2D eigenvalue weighted by molar-refractivity contribution is 5.93. The minimum atomic E-state index is 0.115. The Labute approximate surface area is 126 Å². The van der Waals surface area contributed by atoms with Crippen molar-refractivity contribution >= 4 is 11.6 Å². The topological polar surface area (TPSA) is 50.4 Å². The molecule has 2 bridgehead atoms. The SMILES string of the molecule is CC(C)Oc1ccc(NC(=O)[C@H]2C[C@@H]3CC[C@H]2NC3)cc1. The number of benzene rings is 1. The van der Waals surface area contributed by atoms with Crippen LogP contribution in [0.3, 0.4) is 0 Å². The van der Waals surface area contributed by atoms with Crippen molar-refractivity contribution in [2.24, 2.45) is 11.8 Å². The van der Waals surface area contributed by atoms with Crippen LogP contribution in [-0.2, 0) is 4.79 Å². The number of nitrogens with one attached hydrogen (secondary N) is 2. The molecule has 0 unspecified atom stereocenters. The first-order valence-electron chi connectivity index (χ1n) is 7.93. The maximum atomic E-state index is 12.4. The van der Waals surface area contributed by atoms with Crippen molar-refractivity contribution in [3.05, 3.63) is 24.3 Å². The highest BCUT2D eigenvalue weighted by Gasteiger charge is 2.39. The van der Waals surface area contributed by atoms with Gasteiger partial charge in [-0.15, -0.1) is 0 Å². The zero-order chi connectivity index (χ0) is 14.8. The number of piperidine rings is 2. The van der Waals surface area contributed by atoms with Gasteiger partial charge in [0.15, 0.2) is 0 Å². The summed E-state index contributed by atoms with van der Waals surface area (Å²) in [6.45, 7) is 5.08. The van der Waals surface area contributed by atoms with E-state index in [1.165, 1.54) is 6.42 Å². The summed E-state index contributed by atoms with van der Waals surface area (Å²) in [5, 5.41) is 6.53. The fourth-order valence-corrected chi connectivity index (χ4v) is 3.42. The molecule has 1 amide bonds. The highest BCUT2D eigenvalue weighted by atomic mass is 16.5. The monoisotopic (exact) mass is 288 g/mol. The molecule has 2 heterocycles. The highest BCUT2D eigenvalue weighted by Crippen LogP contribution is 2.34. The summed E-state index contributed by atoms with van der Waals surface area (Å²) in [7, 11) is 0. The van der Waals surface area contributed by atoms with Crippen molar-refractivity contribution in [3.8, 4) is 5.75 Å². The molecule has 4 heteroatoms. The number of rotatable bonds is 4. The van der Waals surface area contributed by atoms with Crippen LogP contribution < -0.4 is 15.4 Å². The zero-order valence-corrected chi connectivity index (χ0v) is 12.8. The summed E-state index contributed by atoms with van der Waals surface area (Å²) in [6.07, 6.45) is 3.58. The van der Waals surface area contributed by atoms with Crippen molar-refractivity contribution in [1.82, 2.24) is 5.32 Å². The van der Waals surface area contributed by atoms with Crippen LogP contribution in [0.5, 0.6) is 5.75 Å². The van der Waals surface area contributed by atoms with E-state index < -0.39 is 0 Å². The van der Waals surface area contributed by atoms with E-state index in [-0.39, 0.29) is 17.9 Å². The van der Waals surface area contributed by atoms with Crippen LogP contribution in [0.1, 0.15) is 33.1 Å². The molecule has 2 N–H and O–H groups in total. The third-order valence-electron chi connectivity index (χ3n) is 4.46. The zero-order valence-electron chi connectivity index (χ0n) is 12.8. The van der Waals surface area contributed by atoms with Crippen LogP contribution in [-0.4, -0.2) is 24.6 Å². The molecule has 1 saturated carbocycles. The van der Waals surface area contributed by atoms with Gasteiger partial charge in [0.05, 0.1) is 12.0 Å². The van der Waals surface area contributed by atoms with Gasteiger partial charge >= 0.3 is 0 Å². The number of carbonyl (C=O) groups excluding carboxylic acids is 1. The minimum absolute atomic E-state index is 0.115. The molecule has 2 aliphatic heterocycles. The summed E-state index contributed by atoms with van der Waals surface area (Å²) in [4.78, 5) is 12.4. The molecule has 2 saturated heterocycles. The lowest BCUT2D eigenvalue weighted by molar-refractivity contribution is -0.123. The van der Waals surface area contributed by atoms with Gasteiger partial charge in [-0.25, -0.2) is 0 Å². The van der Waals surface area contributed by atoms with Gasteiger partial charge in [-0.2, -0.15) is 0 Å². The number of anilines is 1. The molecule has 0 spiro atoms. The Morgan fingerprint density at radius 1 is 1.29 bits per heavy atom. The van der Waals surface area contributed by atoms with Gasteiger partial charge in [0, 0.05) is 11.7 Å². The predicted molar refractivity (Wildman–Crippen MR) is 83.5 cm³/mol. The molecule has 0 radical (unpaired) electrons. The number of fused-ring (bicyclic) bond motifs is 3. The van der Waals surface area contributed by atoms with Crippen molar-refractivity contribution < 1.29 is 9.53 Å². The largest absolute Gasteiger partial charge is 0.491 e. The maximum absolute atomic E-state index is 12.4. The lowest BCUT2D eigenvalue weighted by atomic mass is 9.73. The van der Waals surface area contributed by atoms with Gasteiger partial charge < -0.3 is 15.4 Å². The van der Waals surface area contributed by atoms with Crippen LogP contribution in [0.2, 0.25) is 0 Å². The standard InChI is InChI=1S/C17H24N2O2/c1-11(2)21-14-6-4-13(5-7-14)19-17(20)15-9-12-3-8-16(15)18-10-12/h4-7,11-12,15-16,18H,3,8-10H2,1-2H3,(H,19,20)/t12-,15-,16+/m0/s1. The molecule has 3 fully saturated rings. The van der Waals surface area contributed by atoms with E-state index in [2.05, 4.69) is 10.6 Å². The molecule has 4 rings (SSSR count). The second-order valence-corrected chi connectivity index (χ2v) is 6.48. The van der Waals surface area contributed by atoms with Gasteiger partial charge in [0.25, 0.3) is 0 Å². The third-order valence-corrected chi connectivity index (χ3v) is 4.46. The predicted octanol–water partition coefficient (Wildman–Crippen LogP) is 2.80. The van der Waals surface area contributed by atoms with Gasteiger partial charge in [0.1, 0.15) is 5.75 Å². The number of ether oxygens (including phenoxy) is 1. The van der Waals surface area contributed by atoms with E-state index >= 15 is 0 Å². The summed E-state index contributed by atoms with van der Waals surface area (Å²) in [5.74, 6) is 1.77. The number of hydrogen-bond donors (Lipinski definition) is 2. The van der Waals surface area contributed by atoms with E-state index in [1.54, 1.807) is 0 Å². The fourth-order valence-electron chi connectivity index (χ4n) is 3.42. The quantitative estimate of drug-likeness (QED) is 0.895. The van der Waals surface area contributed by atoms with E-state index in [1.807, 2.05) is 38.1 Å². The molecule has 1 aromatic carbocycles. The summed E-state index contributed by atoms with van der Waals surface area (Å²) in [5.41, 5.74) is 0.845. The summed E-state index contributed by atoms with van der Waals surface area (Å²) in [6, 6.07) is 7.98. The van der Waals surface area contributed by atoms with E-state index in [0.29, 0.717) is 12.0 Å². The molecular weight excluding hydrogens is 264 g/mol. The lowest BCUT2D eigenvalue weighted by Gasteiger charge is -2.42. The molecule has 3 aliphatic rings. The van der Waals surface area contributed by atoms with Crippen LogP contribution >= 0.6 is 0 Å². The second kappa shape index (κ2) is 6.06. The van der Waals surface area contributed by atoms with E-state index in [0.717, 1.165) is 30.8 Å². The Kier molecular flexibility index (Phi) is 4.15. The van der Waals surface area contributed by atoms with Crippen molar-refractivity contribution in [2.45, 2.75) is 45.3 Å². The minimum Gasteiger partial charge on any atom is -0.491 e. The lowest BCUT2D eigenvalue weighted by Crippen LogP contribution is -2.53. The number of hydrogen-bond acceptors (Lipinski definition) is 3. The first-order chi connectivity index (χ1) is 10.1. The molecule has 0 aromatic heterocycles. The smallest absolute Gasteiger partial charge is 0.229 e. The third kappa shape index (κ3) is 3.38. The second-order valence-electron chi connectivity index (χ2n) is 6.48. The number of carbonyl (C=O) groups is 1. The molecule has 114 valence electrons. The van der Waals surface area contributed by atoms with Crippen molar-refractivity contribution in [2.75, 3.05) is 11.9 Å². The van der Waals surface area contributed by atoms with Gasteiger partial charge in [0.2, 0.25) is 5.91 Å². The van der Waals surface area contributed by atoms with Crippen LogP contribution in [0.15, 0.2) is 24.3 Å².